The first-order chi connectivity index (χ1) is 12.1. The summed E-state index contributed by atoms with van der Waals surface area (Å²) < 4.78 is 5.19. The van der Waals surface area contributed by atoms with Gasteiger partial charge in [-0.3, -0.25) is 4.79 Å². The van der Waals surface area contributed by atoms with Crippen LogP contribution in [0.15, 0.2) is 60.2 Å². The van der Waals surface area contributed by atoms with Gasteiger partial charge in [0.1, 0.15) is 5.75 Å². The Bertz CT molecular complexity index is 816. The molecular weight excluding hydrogens is 336 g/mol. The van der Waals surface area contributed by atoms with E-state index in [1.165, 1.54) is 0 Å². The molecule has 1 unspecified atom stereocenters. The van der Waals surface area contributed by atoms with Gasteiger partial charge in [0.15, 0.2) is 5.11 Å². The lowest BCUT2D eigenvalue weighted by molar-refractivity contribution is -0.136. The predicted octanol–water partition coefficient (Wildman–Crippen LogP) is 3.10. The van der Waals surface area contributed by atoms with Gasteiger partial charge >= 0.3 is 5.97 Å². The molecule has 1 atom stereocenters. The van der Waals surface area contributed by atoms with Gasteiger partial charge in [0.25, 0.3) is 0 Å². The maximum atomic E-state index is 11.5. The van der Waals surface area contributed by atoms with Crippen molar-refractivity contribution in [2.45, 2.75) is 12.5 Å². The maximum Gasteiger partial charge on any atom is 0.307 e. The summed E-state index contributed by atoms with van der Waals surface area (Å²) in [5.41, 5.74) is 3.31. The van der Waals surface area contributed by atoms with E-state index < -0.39 is 5.97 Å². The van der Waals surface area contributed by atoms with Crippen LogP contribution in [0.2, 0.25) is 0 Å². The molecule has 5 nitrogen and oxygen atoms in total. The minimum absolute atomic E-state index is 0.0937. The molecule has 128 valence electrons. The number of carbonyl (C=O) groups is 1. The normalized spacial score (nSPS) is 16.8. The van der Waals surface area contributed by atoms with Gasteiger partial charge in [-0.25, -0.2) is 0 Å². The van der Waals surface area contributed by atoms with Crippen LogP contribution in [0.3, 0.4) is 0 Å². The molecule has 0 saturated carbocycles. The van der Waals surface area contributed by atoms with E-state index in [9.17, 15) is 9.90 Å². The van der Waals surface area contributed by atoms with Gasteiger partial charge in [0, 0.05) is 5.70 Å². The molecule has 6 heteroatoms. The number of nitrogens with one attached hydrogen (secondary N) is 2. The first kappa shape index (κ1) is 17.0. The van der Waals surface area contributed by atoms with E-state index in [4.69, 9.17) is 17.0 Å². The lowest BCUT2D eigenvalue weighted by atomic mass is 9.90. The average Bonchev–Trinajstić information content (AvgIpc) is 2.63. The number of thiocarbonyl (C=S) groups is 1. The first-order valence-corrected chi connectivity index (χ1v) is 8.21. The Balaban J connectivity index is 2.10. The van der Waals surface area contributed by atoms with E-state index in [1.54, 1.807) is 7.11 Å². The van der Waals surface area contributed by atoms with E-state index >= 15 is 0 Å². The van der Waals surface area contributed by atoms with Crippen molar-refractivity contribution in [1.29, 1.82) is 0 Å². The molecule has 2 aromatic carbocycles. The lowest BCUT2D eigenvalue weighted by Crippen LogP contribution is -2.43. The Morgan fingerprint density at radius 2 is 1.84 bits per heavy atom. The number of carboxylic acids is 1. The van der Waals surface area contributed by atoms with Crippen LogP contribution in [-0.2, 0) is 4.79 Å². The molecule has 3 rings (SSSR count). The van der Waals surface area contributed by atoms with Gasteiger partial charge in [-0.1, -0.05) is 42.5 Å². The van der Waals surface area contributed by atoms with Gasteiger partial charge in [-0.15, -0.1) is 0 Å². The number of ether oxygens (including phenoxy) is 1. The van der Waals surface area contributed by atoms with Crippen molar-refractivity contribution in [3.63, 3.8) is 0 Å². The molecule has 25 heavy (non-hydrogen) atoms. The molecular formula is C19H18N2O3S. The van der Waals surface area contributed by atoms with Gasteiger partial charge in [0.05, 0.1) is 19.6 Å². The molecule has 0 fully saturated rings. The van der Waals surface area contributed by atoms with Crippen LogP contribution in [0.5, 0.6) is 5.75 Å². The van der Waals surface area contributed by atoms with Crippen molar-refractivity contribution in [2.75, 3.05) is 7.11 Å². The maximum absolute atomic E-state index is 11.5. The van der Waals surface area contributed by atoms with Crippen LogP contribution in [0.25, 0.3) is 5.70 Å². The van der Waals surface area contributed by atoms with E-state index in [1.807, 2.05) is 54.6 Å². The fourth-order valence-corrected chi connectivity index (χ4v) is 3.11. The molecule has 1 heterocycles. The van der Waals surface area contributed by atoms with Crippen molar-refractivity contribution in [3.05, 3.63) is 71.3 Å². The van der Waals surface area contributed by atoms with Crippen LogP contribution in [0.1, 0.15) is 23.6 Å². The Hall–Kier alpha value is -2.86. The molecule has 3 N–H and O–H groups in total. The van der Waals surface area contributed by atoms with E-state index in [2.05, 4.69) is 10.6 Å². The zero-order chi connectivity index (χ0) is 17.8. The van der Waals surface area contributed by atoms with E-state index in [-0.39, 0.29) is 12.5 Å². The highest BCUT2D eigenvalue weighted by molar-refractivity contribution is 7.80. The van der Waals surface area contributed by atoms with E-state index in [0.29, 0.717) is 5.11 Å². The Morgan fingerprint density at radius 1 is 1.16 bits per heavy atom. The Morgan fingerprint density at radius 3 is 2.44 bits per heavy atom. The number of rotatable bonds is 5. The summed E-state index contributed by atoms with van der Waals surface area (Å²) in [6.07, 6.45) is -0.0937. The molecule has 0 saturated heterocycles. The summed E-state index contributed by atoms with van der Waals surface area (Å²) >= 11 is 5.35. The summed E-state index contributed by atoms with van der Waals surface area (Å²) in [5.74, 6) is -0.148. The van der Waals surface area contributed by atoms with Gasteiger partial charge in [0.2, 0.25) is 0 Å². The first-order valence-electron chi connectivity index (χ1n) is 7.80. The molecule has 0 bridgehead atoms. The number of benzene rings is 2. The van der Waals surface area contributed by atoms with Crippen LogP contribution in [0.4, 0.5) is 0 Å². The second-order valence-corrected chi connectivity index (χ2v) is 6.05. The second-order valence-electron chi connectivity index (χ2n) is 5.64. The summed E-state index contributed by atoms with van der Waals surface area (Å²) in [6.45, 7) is 0. The van der Waals surface area contributed by atoms with E-state index in [0.717, 1.165) is 28.1 Å². The van der Waals surface area contributed by atoms with Gasteiger partial charge in [-0.2, -0.15) is 0 Å². The van der Waals surface area contributed by atoms with Crippen molar-refractivity contribution in [1.82, 2.24) is 10.6 Å². The van der Waals surface area contributed by atoms with Crippen molar-refractivity contribution >= 4 is 29.0 Å². The molecule has 0 spiro atoms. The number of hydrogen-bond acceptors (Lipinski definition) is 3. The second kappa shape index (κ2) is 7.36. The highest BCUT2D eigenvalue weighted by atomic mass is 32.1. The highest BCUT2D eigenvalue weighted by Gasteiger charge is 2.28. The van der Waals surface area contributed by atoms with Crippen molar-refractivity contribution in [3.8, 4) is 5.75 Å². The fourth-order valence-electron chi connectivity index (χ4n) is 2.89. The quantitative estimate of drug-likeness (QED) is 0.717. The monoisotopic (exact) mass is 354 g/mol. The largest absolute Gasteiger partial charge is 0.497 e. The number of hydrogen-bond donors (Lipinski definition) is 3. The zero-order valence-electron chi connectivity index (χ0n) is 13.7. The van der Waals surface area contributed by atoms with Crippen LogP contribution in [-0.4, -0.2) is 23.3 Å². The summed E-state index contributed by atoms with van der Waals surface area (Å²) in [7, 11) is 1.61. The molecule has 1 aliphatic heterocycles. The lowest BCUT2D eigenvalue weighted by Gasteiger charge is -2.32. The number of aliphatic carboxylic acids is 1. The minimum Gasteiger partial charge on any atom is -0.497 e. The molecule has 0 amide bonds. The van der Waals surface area contributed by atoms with Crippen LogP contribution >= 0.6 is 12.2 Å². The number of methoxy groups -OCH3 is 1. The molecule has 0 aliphatic carbocycles. The van der Waals surface area contributed by atoms with Gasteiger partial charge < -0.3 is 20.5 Å². The summed E-state index contributed by atoms with van der Waals surface area (Å²) in [5, 5.41) is 16.2. The third kappa shape index (κ3) is 3.80. The standard InChI is InChI=1S/C19H18N2O3S/c1-24-14-9-7-13(8-10-14)18-15(11-16(22)23)17(20-19(25)21-18)12-5-3-2-4-6-12/h2-10,18H,11H2,1H3,(H,22,23)(H2,20,21,25). The average molecular weight is 354 g/mol. The highest BCUT2D eigenvalue weighted by Crippen LogP contribution is 2.33. The van der Waals surface area contributed by atoms with Crippen molar-refractivity contribution in [2.24, 2.45) is 0 Å². The smallest absolute Gasteiger partial charge is 0.307 e. The molecule has 0 aromatic heterocycles. The third-order valence-electron chi connectivity index (χ3n) is 4.04. The van der Waals surface area contributed by atoms with Gasteiger partial charge in [-0.05, 0) is 41.1 Å². The Labute approximate surface area is 151 Å². The zero-order valence-corrected chi connectivity index (χ0v) is 14.5. The van der Waals surface area contributed by atoms with Crippen LogP contribution < -0.4 is 15.4 Å². The topological polar surface area (TPSA) is 70.6 Å². The third-order valence-corrected chi connectivity index (χ3v) is 4.26. The van der Waals surface area contributed by atoms with Crippen LogP contribution in [0, 0.1) is 0 Å². The minimum atomic E-state index is -0.890. The SMILES string of the molecule is COc1ccc(C2NC(=S)NC(c3ccccc3)=C2CC(=O)O)cc1. The summed E-state index contributed by atoms with van der Waals surface area (Å²) in [4.78, 5) is 11.5. The molecule has 2 aromatic rings. The molecule has 0 radical (unpaired) electrons. The fraction of sp³-hybridized carbons (Fsp3) is 0.158. The Kier molecular flexibility index (Phi) is 5.00. The summed E-state index contributed by atoms with van der Waals surface area (Å²) in [6, 6.07) is 16.8. The number of carboxylic acid groups (broad SMARTS) is 1. The van der Waals surface area contributed by atoms with Crippen molar-refractivity contribution < 1.29 is 14.6 Å². The molecule has 1 aliphatic rings. The predicted molar refractivity (Wildman–Crippen MR) is 100 cm³/mol.